The molecule has 0 saturated carbocycles. The van der Waals surface area contributed by atoms with Gasteiger partial charge < -0.3 is 11.1 Å². The molecule has 2 rings (SSSR count). The first-order valence-corrected chi connectivity index (χ1v) is 6.51. The van der Waals surface area contributed by atoms with E-state index in [1.807, 2.05) is 44.2 Å². The van der Waals surface area contributed by atoms with Crippen LogP contribution in [-0.2, 0) is 6.54 Å². The number of nitrogens with two attached hydrogens (primary N) is 1. The predicted molar refractivity (Wildman–Crippen MR) is 77.0 cm³/mol. The average molecular weight is 260 g/mol. The van der Waals surface area contributed by atoms with Crippen LogP contribution in [0.15, 0.2) is 35.3 Å². The third kappa shape index (κ3) is 3.30. The number of aryl methyl sites for hydroxylation is 2. The third-order valence-electron chi connectivity index (χ3n) is 2.44. The van der Waals surface area contributed by atoms with Crippen molar-refractivity contribution in [2.24, 2.45) is 10.7 Å². The van der Waals surface area contributed by atoms with Crippen LogP contribution in [0.2, 0.25) is 0 Å². The zero-order chi connectivity index (χ0) is 13.0. The lowest BCUT2D eigenvalue weighted by molar-refractivity contribution is 1.05. The quantitative estimate of drug-likeness (QED) is 0.659. The van der Waals surface area contributed by atoms with E-state index in [9.17, 15) is 0 Å². The molecule has 0 unspecified atom stereocenters. The fourth-order valence-electron chi connectivity index (χ4n) is 1.59. The maximum Gasteiger partial charge on any atom is 0.193 e. The fourth-order valence-corrected chi connectivity index (χ4v) is 2.45. The maximum atomic E-state index is 5.83. The molecule has 1 aromatic carbocycles. The molecule has 2 aromatic rings. The fraction of sp³-hybridized carbons (Fsp3) is 0.231. The van der Waals surface area contributed by atoms with Crippen LogP contribution in [-0.4, -0.2) is 10.9 Å². The van der Waals surface area contributed by atoms with Crippen LogP contribution in [0.25, 0.3) is 0 Å². The number of aromatic nitrogens is 1. The van der Waals surface area contributed by atoms with Crippen molar-refractivity contribution in [3.63, 3.8) is 0 Å². The molecule has 0 spiro atoms. The molecule has 18 heavy (non-hydrogen) atoms. The van der Waals surface area contributed by atoms with Crippen molar-refractivity contribution in [3.05, 3.63) is 45.9 Å². The van der Waals surface area contributed by atoms with E-state index >= 15 is 0 Å². The van der Waals surface area contributed by atoms with Crippen molar-refractivity contribution in [2.45, 2.75) is 20.4 Å². The second-order valence-corrected chi connectivity index (χ2v) is 5.22. The molecule has 0 fully saturated rings. The third-order valence-corrected chi connectivity index (χ3v) is 3.50. The van der Waals surface area contributed by atoms with Crippen molar-refractivity contribution < 1.29 is 0 Å². The van der Waals surface area contributed by atoms with Gasteiger partial charge in [-0.3, -0.25) is 0 Å². The minimum atomic E-state index is 0.423. The maximum absolute atomic E-state index is 5.83. The number of benzene rings is 1. The SMILES string of the molecule is Cc1nc(C)c(CN=C(N)Nc2ccccc2)s1. The van der Waals surface area contributed by atoms with E-state index in [1.165, 1.54) is 0 Å². The van der Waals surface area contributed by atoms with E-state index in [0.29, 0.717) is 12.5 Å². The van der Waals surface area contributed by atoms with Crippen LogP contribution in [0, 0.1) is 13.8 Å². The van der Waals surface area contributed by atoms with Crippen LogP contribution >= 0.6 is 11.3 Å². The molecule has 1 heterocycles. The van der Waals surface area contributed by atoms with Gasteiger partial charge in [-0.2, -0.15) is 0 Å². The Kier molecular flexibility index (Phi) is 3.94. The summed E-state index contributed by atoms with van der Waals surface area (Å²) >= 11 is 1.66. The molecule has 0 bridgehead atoms. The summed E-state index contributed by atoms with van der Waals surface area (Å²) in [6.45, 7) is 4.56. The molecule has 0 radical (unpaired) electrons. The Morgan fingerprint density at radius 2 is 2.06 bits per heavy atom. The molecular formula is C13H16N4S. The molecule has 3 N–H and O–H groups in total. The van der Waals surface area contributed by atoms with E-state index in [0.717, 1.165) is 21.3 Å². The minimum absolute atomic E-state index is 0.423. The average Bonchev–Trinajstić information content (AvgIpc) is 2.66. The predicted octanol–water partition coefficient (Wildman–Crippen LogP) is 2.69. The topological polar surface area (TPSA) is 63.3 Å². The Balaban J connectivity index is 1.99. The van der Waals surface area contributed by atoms with Gasteiger partial charge in [0.2, 0.25) is 0 Å². The molecule has 0 aliphatic heterocycles. The summed E-state index contributed by atoms with van der Waals surface area (Å²) in [6.07, 6.45) is 0. The molecule has 94 valence electrons. The van der Waals surface area contributed by atoms with Gasteiger partial charge >= 0.3 is 0 Å². The zero-order valence-corrected chi connectivity index (χ0v) is 11.3. The molecule has 0 aliphatic rings. The number of hydrogen-bond donors (Lipinski definition) is 2. The van der Waals surface area contributed by atoms with Crippen molar-refractivity contribution in [3.8, 4) is 0 Å². The number of hydrogen-bond acceptors (Lipinski definition) is 3. The highest BCUT2D eigenvalue weighted by Crippen LogP contribution is 2.17. The van der Waals surface area contributed by atoms with Gasteiger partial charge in [0, 0.05) is 10.6 Å². The smallest absolute Gasteiger partial charge is 0.193 e. The van der Waals surface area contributed by atoms with Gasteiger partial charge in [-0.25, -0.2) is 9.98 Å². The standard InChI is InChI=1S/C13H16N4S/c1-9-12(18-10(2)16-9)8-15-13(14)17-11-6-4-3-5-7-11/h3-7H,8H2,1-2H3,(H3,14,15,17). The first-order chi connectivity index (χ1) is 8.65. The zero-order valence-electron chi connectivity index (χ0n) is 10.5. The molecule has 5 heteroatoms. The number of aliphatic imine (C=N–C) groups is 1. The van der Waals surface area contributed by atoms with E-state index in [2.05, 4.69) is 15.3 Å². The lowest BCUT2D eigenvalue weighted by Gasteiger charge is -2.04. The number of nitrogens with one attached hydrogen (secondary N) is 1. The summed E-state index contributed by atoms with van der Waals surface area (Å²) in [5.41, 5.74) is 7.81. The Hall–Kier alpha value is -1.88. The molecule has 0 aliphatic carbocycles. The summed E-state index contributed by atoms with van der Waals surface area (Å²) in [5.74, 6) is 0.423. The molecule has 4 nitrogen and oxygen atoms in total. The number of para-hydroxylation sites is 1. The molecule has 1 aromatic heterocycles. The molecule has 0 amide bonds. The number of rotatable bonds is 3. The van der Waals surface area contributed by atoms with E-state index < -0.39 is 0 Å². The number of guanidine groups is 1. The summed E-state index contributed by atoms with van der Waals surface area (Å²) in [4.78, 5) is 9.84. The van der Waals surface area contributed by atoms with Crippen LogP contribution < -0.4 is 11.1 Å². The van der Waals surface area contributed by atoms with E-state index in [1.54, 1.807) is 11.3 Å². The number of nitrogens with zero attached hydrogens (tertiary/aromatic N) is 2. The minimum Gasteiger partial charge on any atom is -0.370 e. The Labute approximate surface area is 111 Å². The van der Waals surface area contributed by atoms with Gasteiger partial charge in [0.05, 0.1) is 17.2 Å². The summed E-state index contributed by atoms with van der Waals surface area (Å²) in [7, 11) is 0. The summed E-state index contributed by atoms with van der Waals surface area (Å²) < 4.78 is 0. The Morgan fingerprint density at radius 3 is 2.67 bits per heavy atom. The first-order valence-electron chi connectivity index (χ1n) is 5.70. The van der Waals surface area contributed by atoms with Crippen molar-refractivity contribution in [1.82, 2.24) is 4.98 Å². The highest BCUT2D eigenvalue weighted by molar-refractivity contribution is 7.11. The lowest BCUT2D eigenvalue weighted by atomic mass is 10.3. The number of thiazole rings is 1. The normalized spacial score (nSPS) is 11.6. The van der Waals surface area contributed by atoms with Crippen LogP contribution in [0.1, 0.15) is 15.6 Å². The second-order valence-electron chi connectivity index (χ2n) is 3.93. The van der Waals surface area contributed by atoms with Gasteiger partial charge in [0.1, 0.15) is 0 Å². The van der Waals surface area contributed by atoms with Crippen molar-refractivity contribution in [1.29, 1.82) is 0 Å². The van der Waals surface area contributed by atoms with Crippen molar-refractivity contribution >= 4 is 23.0 Å². The van der Waals surface area contributed by atoms with Crippen molar-refractivity contribution in [2.75, 3.05) is 5.32 Å². The van der Waals surface area contributed by atoms with Gasteiger partial charge in [0.25, 0.3) is 0 Å². The second kappa shape index (κ2) is 5.64. The van der Waals surface area contributed by atoms with E-state index in [4.69, 9.17) is 5.73 Å². The molecular weight excluding hydrogens is 244 g/mol. The van der Waals surface area contributed by atoms with Gasteiger partial charge in [-0.05, 0) is 26.0 Å². The summed E-state index contributed by atoms with van der Waals surface area (Å²) in [5, 5.41) is 4.11. The van der Waals surface area contributed by atoms with E-state index in [-0.39, 0.29) is 0 Å². The largest absolute Gasteiger partial charge is 0.370 e. The number of anilines is 1. The van der Waals surface area contributed by atoms with Crippen LogP contribution in [0.5, 0.6) is 0 Å². The first kappa shape index (κ1) is 12.6. The van der Waals surface area contributed by atoms with Gasteiger partial charge in [0.15, 0.2) is 5.96 Å². The highest BCUT2D eigenvalue weighted by atomic mass is 32.1. The lowest BCUT2D eigenvalue weighted by Crippen LogP contribution is -2.22. The summed E-state index contributed by atoms with van der Waals surface area (Å²) in [6, 6.07) is 9.76. The molecule has 0 saturated heterocycles. The van der Waals surface area contributed by atoms with Gasteiger partial charge in [-0.1, -0.05) is 18.2 Å². The Bertz CT molecular complexity index is 545. The van der Waals surface area contributed by atoms with Gasteiger partial charge in [-0.15, -0.1) is 11.3 Å². The monoisotopic (exact) mass is 260 g/mol. The highest BCUT2D eigenvalue weighted by Gasteiger charge is 2.03. The Morgan fingerprint density at radius 1 is 1.33 bits per heavy atom. The molecule has 0 atom stereocenters. The van der Waals surface area contributed by atoms with Crippen LogP contribution in [0.4, 0.5) is 5.69 Å². The van der Waals surface area contributed by atoms with Crippen LogP contribution in [0.3, 0.4) is 0 Å².